The van der Waals surface area contributed by atoms with Crippen molar-refractivity contribution in [2.45, 2.75) is 39.3 Å². The number of hydrogen-bond donors (Lipinski definition) is 2. The fraction of sp³-hybridized carbons (Fsp3) is 0.471. The molecule has 0 radical (unpaired) electrons. The molecule has 4 amide bonds. The van der Waals surface area contributed by atoms with E-state index in [0.717, 1.165) is 10.5 Å². The zero-order valence-electron chi connectivity index (χ0n) is 14.1. The van der Waals surface area contributed by atoms with Crippen LogP contribution in [0.25, 0.3) is 0 Å². The minimum absolute atomic E-state index is 0.248. The highest BCUT2D eigenvalue weighted by Crippen LogP contribution is 2.24. The van der Waals surface area contributed by atoms with Gasteiger partial charge in [-0.2, -0.15) is 0 Å². The molecule has 0 aliphatic carbocycles. The van der Waals surface area contributed by atoms with Crippen LogP contribution in [-0.4, -0.2) is 34.8 Å². The predicted octanol–water partition coefficient (Wildman–Crippen LogP) is 2.31. The van der Waals surface area contributed by atoms with Gasteiger partial charge in [0, 0.05) is 11.6 Å². The maximum Gasteiger partial charge on any atom is 0.325 e. The molecule has 0 saturated carbocycles. The number of carbonyl (C=O) groups excluding carboxylic acids is 3. The van der Waals surface area contributed by atoms with Gasteiger partial charge in [-0.1, -0.05) is 37.6 Å². The number of benzene rings is 1. The third kappa shape index (κ3) is 4.26. The molecule has 1 saturated heterocycles. The number of carbonyl (C=O) groups is 3. The zero-order chi connectivity index (χ0) is 17.9. The molecule has 1 aliphatic heterocycles. The number of hydrogen-bond acceptors (Lipinski definition) is 3. The number of imide groups is 1. The summed E-state index contributed by atoms with van der Waals surface area (Å²) in [5.41, 5.74) is -0.0589. The van der Waals surface area contributed by atoms with Gasteiger partial charge >= 0.3 is 6.03 Å². The molecule has 6 nitrogen and oxygen atoms in total. The van der Waals surface area contributed by atoms with Crippen molar-refractivity contribution >= 4 is 29.4 Å². The number of rotatable bonds is 6. The average Bonchev–Trinajstić information content (AvgIpc) is 2.69. The Bertz CT molecular complexity index is 645. The Balaban J connectivity index is 1.92. The van der Waals surface area contributed by atoms with E-state index in [9.17, 15) is 14.4 Å². The highest BCUT2D eigenvalue weighted by Gasteiger charge is 2.48. The Kier molecular flexibility index (Phi) is 5.49. The fourth-order valence-electron chi connectivity index (χ4n) is 2.85. The lowest BCUT2D eigenvalue weighted by molar-refractivity contribution is -0.135. The Morgan fingerprint density at radius 3 is 2.50 bits per heavy atom. The number of nitrogens with one attached hydrogen (secondary N) is 2. The molecule has 1 atom stereocenters. The Hall–Kier alpha value is -2.08. The molecule has 2 N–H and O–H groups in total. The fourth-order valence-corrected chi connectivity index (χ4v) is 2.97. The molecule has 1 unspecified atom stereocenters. The van der Waals surface area contributed by atoms with Crippen molar-refractivity contribution in [3.8, 4) is 0 Å². The van der Waals surface area contributed by atoms with Gasteiger partial charge in [-0.25, -0.2) is 4.79 Å². The summed E-state index contributed by atoms with van der Waals surface area (Å²) in [6.07, 6.45) is 0.528. The molecule has 1 aromatic rings. The third-order valence-electron chi connectivity index (χ3n) is 3.87. The molecule has 0 spiro atoms. The first kappa shape index (κ1) is 18.3. The molecule has 0 bridgehead atoms. The Morgan fingerprint density at radius 1 is 1.29 bits per heavy atom. The van der Waals surface area contributed by atoms with Crippen LogP contribution in [0.1, 0.15) is 32.8 Å². The summed E-state index contributed by atoms with van der Waals surface area (Å²) >= 11 is 5.81. The predicted molar refractivity (Wildman–Crippen MR) is 91.4 cm³/mol. The van der Waals surface area contributed by atoms with Gasteiger partial charge in [0.05, 0.1) is 0 Å². The van der Waals surface area contributed by atoms with Crippen molar-refractivity contribution in [3.63, 3.8) is 0 Å². The van der Waals surface area contributed by atoms with Gasteiger partial charge in [-0.3, -0.25) is 14.5 Å². The summed E-state index contributed by atoms with van der Waals surface area (Å²) in [7, 11) is 0. The summed E-state index contributed by atoms with van der Waals surface area (Å²) in [5, 5.41) is 6.01. The maximum atomic E-state index is 12.5. The van der Waals surface area contributed by atoms with Gasteiger partial charge < -0.3 is 10.6 Å². The lowest BCUT2D eigenvalue weighted by atomic mass is 9.91. The second kappa shape index (κ2) is 7.21. The molecule has 2 rings (SSSR count). The molecular formula is C17H22ClN3O3. The van der Waals surface area contributed by atoms with Crippen molar-refractivity contribution in [1.82, 2.24) is 15.5 Å². The van der Waals surface area contributed by atoms with E-state index >= 15 is 0 Å². The van der Waals surface area contributed by atoms with E-state index in [2.05, 4.69) is 10.6 Å². The second-order valence-corrected chi connectivity index (χ2v) is 7.09. The van der Waals surface area contributed by atoms with Gasteiger partial charge in [0.2, 0.25) is 5.91 Å². The molecule has 130 valence electrons. The number of nitrogens with zero attached hydrogens (tertiary/aromatic N) is 1. The summed E-state index contributed by atoms with van der Waals surface area (Å²) in [6, 6.07) is 6.55. The first-order valence-corrected chi connectivity index (χ1v) is 8.24. The molecule has 0 aromatic heterocycles. The second-order valence-electron chi connectivity index (χ2n) is 6.65. The lowest BCUT2D eigenvalue weighted by Crippen LogP contribution is -2.46. The summed E-state index contributed by atoms with van der Waals surface area (Å²) in [4.78, 5) is 37.5. The largest absolute Gasteiger partial charge is 0.350 e. The molecule has 1 aliphatic rings. The van der Waals surface area contributed by atoms with E-state index in [-0.39, 0.29) is 24.3 Å². The van der Waals surface area contributed by atoms with Crippen molar-refractivity contribution in [1.29, 1.82) is 0 Å². The maximum absolute atomic E-state index is 12.5. The van der Waals surface area contributed by atoms with Crippen molar-refractivity contribution in [2.24, 2.45) is 5.92 Å². The van der Waals surface area contributed by atoms with E-state index < -0.39 is 11.6 Å². The van der Waals surface area contributed by atoms with Crippen molar-refractivity contribution in [2.75, 3.05) is 6.54 Å². The number of amides is 4. The van der Waals surface area contributed by atoms with E-state index in [4.69, 9.17) is 11.6 Å². The van der Waals surface area contributed by atoms with Gasteiger partial charge in [0.25, 0.3) is 5.91 Å². The van der Waals surface area contributed by atoms with Crippen molar-refractivity contribution < 1.29 is 14.4 Å². The van der Waals surface area contributed by atoms with E-state index in [1.54, 1.807) is 31.2 Å². The third-order valence-corrected chi connectivity index (χ3v) is 4.12. The van der Waals surface area contributed by atoms with E-state index in [0.29, 0.717) is 18.0 Å². The molecule has 24 heavy (non-hydrogen) atoms. The Labute approximate surface area is 146 Å². The minimum Gasteiger partial charge on any atom is -0.350 e. The van der Waals surface area contributed by atoms with Gasteiger partial charge in [0.1, 0.15) is 12.1 Å². The molecule has 7 heteroatoms. The van der Waals surface area contributed by atoms with Crippen LogP contribution >= 0.6 is 11.6 Å². The first-order chi connectivity index (χ1) is 11.2. The SMILES string of the molecule is CC(C)CC1(C)NC(=O)N(CC(=O)NCc2ccc(Cl)cc2)C1=O. The summed E-state index contributed by atoms with van der Waals surface area (Å²) in [6.45, 7) is 5.67. The van der Waals surface area contributed by atoms with Gasteiger partial charge in [-0.15, -0.1) is 0 Å². The van der Waals surface area contributed by atoms with E-state index in [1.807, 2.05) is 13.8 Å². The summed E-state index contributed by atoms with van der Waals surface area (Å²) in [5.74, 6) is -0.497. The van der Waals surface area contributed by atoms with Crippen molar-refractivity contribution in [3.05, 3.63) is 34.9 Å². The Morgan fingerprint density at radius 2 is 1.92 bits per heavy atom. The van der Waals surface area contributed by atoms with Crippen LogP contribution in [-0.2, 0) is 16.1 Å². The first-order valence-electron chi connectivity index (χ1n) is 7.86. The average molecular weight is 352 g/mol. The van der Waals surface area contributed by atoms with Gasteiger partial charge in [0.15, 0.2) is 0 Å². The van der Waals surface area contributed by atoms with Crippen LogP contribution in [0, 0.1) is 5.92 Å². The number of halogens is 1. The molecule has 1 heterocycles. The lowest BCUT2D eigenvalue weighted by Gasteiger charge is -2.23. The van der Waals surface area contributed by atoms with Crippen LogP contribution < -0.4 is 10.6 Å². The summed E-state index contributed by atoms with van der Waals surface area (Å²) < 4.78 is 0. The van der Waals surface area contributed by atoms with Crippen LogP contribution in [0.15, 0.2) is 24.3 Å². The normalized spacial score (nSPS) is 20.5. The zero-order valence-corrected chi connectivity index (χ0v) is 14.8. The molecule has 1 aromatic carbocycles. The highest BCUT2D eigenvalue weighted by atomic mass is 35.5. The number of urea groups is 1. The van der Waals surface area contributed by atoms with Gasteiger partial charge in [-0.05, 0) is 37.0 Å². The van der Waals surface area contributed by atoms with Crippen LogP contribution in [0.4, 0.5) is 4.79 Å². The quantitative estimate of drug-likeness (QED) is 0.772. The molecular weight excluding hydrogens is 330 g/mol. The monoisotopic (exact) mass is 351 g/mol. The minimum atomic E-state index is -0.943. The smallest absolute Gasteiger partial charge is 0.325 e. The van der Waals surface area contributed by atoms with E-state index in [1.165, 1.54) is 0 Å². The van der Waals surface area contributed by atoms with Crippen LogP contribution in [0.3, 0.4) is 0 Å². The van der Waals surface area contributed by atoms with Crippen LogP contribution in [0.5, 0.6) is 0 Å². The highest BCUT2D eigenvalue weighted by molar-refractivity contribution is 6.30. The van der Waals surface area contributed by atoms with Crippen LogP contribution in [0.2, 0.25) is 5.02 Å². The molecule has 1 fully saturated rings. The standard InChI is InChI=1S/C17H22ClN3O3/c1-11(2)8-17(3)15(23)21(16(24)20-17)10-14(22)19-9-12-4-6-13(18)7-5-12/h4-7,11H,8-10H2,1-3H3,(H,19,22)(H,20,24). The topological polar surface area (TPSA) is 78.5 Å².